The number of hydrogen-bond donors (Lipinski definition) is 2. The van der Waals surface area contributed by atoms with Gasteiger partial charge in [0.2, 0.25) is 0 Å². The highest BCUT2D eigenvalue weighted by Crippen LogP contribution is 2.76. The molecule has 190 valence electrons. The van der Waals surface area contributed by atoms with Crippen LogP contribution in [-0.4, -0.2) is 34.0 Å². The predicted molar refractivity (Wildman–Crippen MR) is 134 cm³/mol. The second-order valence-corrected chi connectivity index (χ2v) is 14.0. The second kappa shape index (κ2) is 7.44. The topological polar surface area (TPSA) is 66.8 Å². The molecule has 0 radical (unpaired) electrons. The molecule has 5 rings (SSSR count). The van der Waals surface area contributed by atoms with Crippen molar-refractivity contribution in [3.05, 3.63) is 23.8 Å². The zero-order valence-corrected chi connectivity index (χ0v) is 22.2. The summed E-state index contributed by atoms with van der Waals surface area (Å²) in [5.41, 5.74) is 0.822. The predicted octanol–water partition coefficient (Wildman–Crippen LogP) is 5.97. The van der Waals surface area contributed by atoms with E-state index in [4.69, 9.17) is 4.74 Å². The summed E-state index contributed by atoms with van der Waals surface area (Å²) < 4.78 is 5.99. The molecule has 2 bridgehead atoms. The fourth-order valence-corrected chi connectivity index (χ4v) is 10.1. The van der Waals surface area contributed by atoms with Crippen LogP contribution in [0.5, 0.6) is 0 Å². The lowest BCUT2D eigenvalue weighted by molar-refractivity contribution is -0.172. The van der Waals surface area contributed by atoms with Crippen LogP contribution >= 0.6 is 0 Å². The molecule has 4 fully saturated rings. The standard InChI is InChI=1S/C30H46O4/c1-18(2)9-8-14-29(7,33)24-21-17-28(6)20-10-11-22-26(3,4)23(31)13-15-27(22,5)19(20)12-16-30(24,28)25(32)34-21/h10,19,21-24,31,33H,1,8-9,11-17H2,2-7H3/t19-,21+,22+,23+,24-,27-,28+,29+,30-/m1/s1. The number of carbonyl (C=O) groups excluding carboxylic acids is 1. The lowest BCUT2D eigenvalue weighted by Gasteiger charge is -2.64. The fourth-order valence-electron chi connectivity index (χ4n) is 10.1. The van der Waals surface area contributed by atoms with Crippen LogP contribution in [0.4, 0.5) is 0 Å². The Labute approximate surface area is 206 Å². The zero-order chi connectivity index (χ0) is 24.9. The Bertz CT molecular complexity index is 930. The fraction of sp³-hybridized carbons (Fsp3) is 0.833. The van der Waals surface area contributed by atoms with Crippen LogP contribution in [0.3, 0.4) is 0 Å². The van der Waals surface area contributed by atoms with Gasteiger partial charge in [0.15, 0.2) is 0 Å². The van der Waals surface area contributed by atoms with Gasteiger partial charge in [-0.2, -0.15) is 0 Å². The molecule has 0 amide bonds. The summed E-state index contributed by atoms with van der Waals surface area (Å²) in [6.07, 6.45) is 9.94. The summed E-state index contributed by atoms with van der Waals surface area (Å²) in [5, 5.41) is 22.6. The van der Waals surface area contributed by atoms with Gasteiger partial charge < -0.3 is 14.9 Å². The highest BCUT2D eigenvalue weighted by Gasteiger charge is 2.78. The first-order valence-electron chi connectivity index (χ1n) is 13.7. The van der Waals surface area contributed by atoms with Crippen molar-refractivity contribution >= 4 is 5.97 Å². The molecular formula is C30H46O4. The Morgan fingerprint density at radius 2 is 1.94 bits per heavy atom. The number of aliphatic hydroxyl groups is 2. The van der Waals surface area contributed by atoms with Crippen molar-refractivity contribution in [2.75, 3.05) is 0 Å². The Kier molecular flexibility index (Phi) is 5.38. The van der Waals surface area contributed by atoms with Crippen molar-refractivity contribution in [1.82, 2.24) is 0 Å². The Morgan fingerprint density at radius 3 is 2.62 bits per heavy atom. The van der Waals surface area contributed by atoms with E-state index in [2.05, 4.69) is 40.3 Å². The van der Waals surface area contributed by atoms with Crippen LogP contribution in [0.2, 0.25) is 0 Å². The molecule has 5 aliphatic rings. The van der Waals surface area contributed by atoms with Crippen LogP contribution in [0.1, 0.15) is 99.3 Å². The highest BCUT2D eigenvalue weighted by atomic mass is 16.6. The van der Waals surface area contributed by atoms with Crippen LogP contribution in [-0.2, 0) is 9.53 Å². The zero-order valence-electron chi connectivity index (χ0n) is 22.2. The molecule has 1 heterocycles. The molecular weight excluding hydrogens is 424 g/mol. The number of aliphatic hydroxyl groups excluding tert-OH is 1. The molecule has 34 heavy (non-hydrogen) atoms. The molecule has 0 aromatic heterocycles. The summed E-state index contributed by atoms with van der Waals surface area (Å²) >= 11 is 0. The van der Waals surface area contributed by atoms with Crippen molar-refractivity contribution in [3.8, 4) is 0 Å². The van der Waals surface area contributed by atoms with E-state index in [1.165, 1.54) is 5.57 Å². The normalized spacial score (nSPS) is 48.2. The molecule has 3 saturated carbocycles. The summed E-state index contributed by atoms with van der Waals surface area (Å²) in [6.45, 7) is 17.3. The third-order valence-corrected chi connectivity index (χ3v) is 11.8. The largest absolute Gasteiger partial charge is 0.461 e. The van der Waals surface area contributed by atoms with Crippen LogP contribution in [0, 0.1) is 39.4 Å². The van der Waals surface area contributed by atoms with Crippen molar-refractivity contribution < 1.29 is 19.7 Å². The van der Waals surface area contributed by atoms with Crippen LogP contribution in [0.15, 0.2) is 23.8 Å². The maximum absolute atomic E-state index is 13.6. The van der Waals surface area contributed by atoms with Crippen molar-refractivity contribution in [1.29, 1.82) is 0 Å². The first-order valence-corrected chi connectivity index (χ1v) is 13.7. The van der Waals surface area contributed by atoms with E-state index in [0.717, 1.165) is 56.9 Å². The average molecular weight is 471 g/mol. The first-order chi connectivity index (χ1) is 15.7. The van der Waals surface area contributed by atoms with Gasteiger partial charge in [0.05, 0.1) is 17.1 Å². The minimum atomic E-state index is -0.935. The van der Waals surface area contributed by atoms with E-state index in [-0.39, 0.29) is 40.3 Å². The summed E-state index contributed by atoms with van der Waals surface area (Å²) in [5.74, 6) is 0.665. The quantitative estimate of drug-likeness (QED) is 0.384. The van der Waals surface area contributed by atoms with Crippen molar-refractivity contribution in [3.63, 3.8) is 0 Å². The van der Waals surface area contributed by atoms with Crippen LogP contribution < -0.4 is 0 Å². The van der Waals surface area contributed by atoms with Gasteiger partial charge in [0, 0.05) is 11.3 Å². The summed E-state index contributed by atoms with van der Waals surface area (Å²) in [4.78, 5) is 13.6. The minimum Gasteiger partial charge on any atom is -0.461 e. The summed E-state index contributed by atoms with van der Waals surface area (Å²) in [6, 6.07) is 0. The average Bonchev–Trinajstić information content (AvgIpc) is 3.16. The number of carbonyl (C=O) groups is 1. The number of ether oxygens (including phenoxy) is 1. The molecule has 2 N–H and O–H groups in total. The molecule has 9 atom stereocenters. The van der Waals surface area contributed by atoms with Gasteiger partial charge in [0.1, 0.15) is 6.10 Å². The van der Waals surface area contributed by atoms with E-state index in [0.29, 0.717) is 18.3 Å². The highest BCUT2D eigenvalue weighted by molar-refractivity contribution is 5.84. The van der Waals surface area contributed by atoms with Crippen molar-refractivity contribution in [2.24, 2.45) is 39.4 Å². The second-order valence-electron chi connectivity index (χ2n) is 14.0. The number of fused-ring (bicyclic) bond motifs is 5. The Hall–Kier alpha value is -1.13. The third-order valence-electron chi connectivity index (χ3n) is 11.8. The minimum absolute atomic E-state index is 0.0672. The van der Waals surface area contributed by atoms with Gasteiger partial charge in [-0.25, -0.2) is 0 Å². The molecule has 4 nitrogen and oxygen atoms in total. The number of hydrogen-bond acceptors (Lipinski definition) is 4. The van der Waals surface area contributed by atoms with Gasteiger partial charge in [-0.3, -0.25) is 4.79 Å². The molecule has 4 heteroatoms. The lowest BCUT2D eigenvalue weighted by atomic mass is 9.40. The van der Waals surface area contributed by atoms with Gasteiger partial charge in [0.25, 0.3) is 0 Å². The van der Waals surface area contributed by atoms with E-state index < -0.39 is 11.0 Å². The van der Waals surface area contributed by atoms with Gasteiger partial charge in [-0.1, -0.05) is 44.9 Å². The molecule has 0 unspecified atom stereocenters. The summed E-state index contributed by atoms with van der Waals surface area (Å²) in [7, 11) is 0. The number of allylic oxidation sites excluding steroid dienone is 3. The number of esters is 1. The van der Waals surface area contributed by atoms with E-state index >= 15 is 0 Å². The number of rotatable bonds is 5. The maximum atomic E-state index is 13.6. The van der Waals surface area contributed by atoms with Crippen molar-refractivity contribution in [2.45, 2.75) is 117 Å². The molecule has 0 aromatic rings. The van der Waals surface area contributed by atoms with Gasteiger partial charge in [-0.15, -0.1) is 6.58 Å². The van der Waals surface area contributed by atoms with E-state index in [9.17, 15) is 15.0 Å². The molecule has 0 aromatic carbocycles. The first kappa shape index (κ1) is 24.6. The molecule has 1 aliphatic heterocycles. The Morgan fingerprint density at radius 1 is 1.24 bits per heavy atom. The van der Waals surface area contributed by atoms with E-state index in [1.807, 2.05) is 13.8 Å². The van der Waals surface area contributed by atoms with E-state index in [1.54, 1.807) is 0 Å². The lowest BCUT2D eigenvalue weighted by Crippen LogP contribution is -2.60. The molecule has 4 aliphatic carbocycles. The smallest absolute Gasteiger partial charge is 0.313 e. The Balaban J connectivity index is 1.52. The van der Waals surface area contributed by atoms with Crippen LogP contribution in [0.25, 0.3) is 0 Å². The third kappa shape index (κ3) is 2.94. The SMILES string of the molecule is C=C(C)CCC[C@](C)(O)[C@H]1[C@@H]2C[C@@]3(C)C4=CC[C@H]5C(C)(C)[C@@H](O)CC[C@]5(C)[C@@H]4CC[C@]13C(=O)O2. The maximum Gasteiger partial charge on any atom is 0.313 e. The van der Waals surface area contributed by atoms with Gasteiger partial charge >= 0.3 is 5.97 Å². The monoisotopic (exact) mass is 470 g/mol. The molecule has 1 spiro atoms. The van der Waals surface area contributed by atoms with Gasteiger partial charge in [-0.05, 0) is 94.3 Å². The molecule has 1 saturated heterocycles.